The van der Waals surface area contributed by atoms with Crippen LogP contribution in [-0.4, -0.2) is 23.9 Å². The number of nitro groups is 1. The summed E-state index contributed by atoms with van der Waals surface area (Å²) in [6.07, 6.45) is 1.29. The molecule has 0 aliphatic rings. The number of nitrogens with zero attached hydrogens (tertiary/aromatic N) is 1. The van der Waals surface area contributed by atoms with Crippen molar-refractivity contribution in [3.63, 3.8) is 0 Å². The highest BCUT2D eigenvalue weighted by atomic mass is 16.6. The first kappa shape index (κ1) is 16.3. The molecule has 0 bridgehead atoms. The molecular formula is C13H15N3O5. The van der Waals surface area contributed by atoms with Gasteiger partial charge in [-0.25, -0.2) is 4.79 Å². The highest BCUT2D eigenvalue weighted by molar-refractivity contribution is 5.97. The minimum atomic E-state index is -0.754. The third kappa shape index (κ3) is 4.39. The summed E-state index contributed by atoms with van der Waals surface area (Å²) < 4.78 is 4.53. The van der Waals surface area contributed by atoms with Gasteiger partial charge in [-0.3, -0.25) is 14.9 Å². The number of carbonyl (C=O) groups is 2. The topological polar surface area (TPSA) is 125 Å². The molecule has 1 amide bonds. The Bertz CT molecular complexity index is 610. The van der Waals surface area contributed by atoms with Crippen molar-refractivity contribution >= 4 is 23.6 Å². The van der Waals surface area contributed by atoms with E-state index in [0.29, 0.717) is 11.1 Å². The van der Waals surface area contributed by atoms with Crippen LogP contribution in [0.25, 0.3) is 6.08 Å². The summed E-state index contributed by atoms with van der Waals surface area (Å²) in [5.74, 6) is -1.21. The van der Waals surface area contributed by atoms with E-state index in [0.717, 1.165) is 7.11 Å². The molecule has 0 fully saturated rings. The largest absolute Gasteiger partial charge is 0.464 e. The van der Waals surface area contributed by atoms with Crippen LogP contribution in [0, 0.1) is 10.1 Å². The van der Waals surface area contributed by atoms with Gasteiger partial charge < -0.3 is 15.8 Å². The maximum absolute atomic E-state index is 11.5. The maximum atomic E-state index is 11.5. The van der Waals surface area contributed by atoms with Crippen LogP contribution in [0.1, 0.15) is 18.1 Å². The van der Waals surface area contributed by atoms with Gasteiger partial charge in [0, 0.05) is 25.1 Å². The summed E-state index contributed by atoms with van der Waals surface area (Å²) in [6, 6.07) is 4.32. The van der Waals surface area contributed by atoms with E-state index in [1.165, 1.54) is 25.1 Å². The van der Waals surface area contributed by atoms with Crippen LogP contribution in [0.4, 0.5) is 5.69 Å². The molecule has 0 heterocycles. The zero-order valence-corrected chi connectivity index (χ0v) is 11.6. The molecular weight excluding hydrogens is 278 g/mol. The van der Waals surface area contributed by atoms with E-state index in [4.69, 9.17) is 5.73 Å². The van der Waals surface area contributed by atoms with E-state index in [9.17, 15) is 19.7 Å². The normalized spacial score (nSPS) is 10.9. The second kappa shape index (κ2) is 7.15. The van der Waals surface area contributed by atoms with Gasteiger partial charge in [0.1, 0.15) is 5.70 Å². The minimum absolute atomic E-state index is 0.0237. The lowest BCUT2D eigenvalue weighted by molar-refractivity contribution is -0.385. The zero-order chi connectivity index (χ0) is 16.0. The van der Waals surface area contributed by atoms with E-state index in [-0.39, 0.29) is 17.9 Å². The second-order valence-corrected chi connectivity index (χ2v) is 4.08. The number of esters is 1. The molecule has 0 aliphatic carbocycles. The molecule has 1 aromatic rings. The molecule has 0 saturated carbocycles. The van der Waals surface area contributed by atoms with E-state index in [1.807, 2.05) is 0 Å². The fourth-order valence-corrected chi connectivity index (χ4v) is 1.63. The molecule has 0 spiro atoms. The van der Waals surface area contributed by atoms with Gasteiger partial charge >= 0.3 is 5.97 Å². The van der Waals surface area contributed by atoms with Gasteiger partial charge in [0.25, 0.3) is 5.69 Å². The van der Waals surface area contributed by atoms with Gasteiger partial charge in [0.15, 0.2) is 0 Å². The highest BCUT2D eigenvalue weighted by Crippen LogP contribution is 2.21. The van der Waals surface area contributed by atoms with Crippen molar-refractivity contribution in [1.29, 1.82) is 0 Å². The monoisotopic (exact) mass is 293 g/mol. The number of carbonyl (C=O) groups excluding carboxylic acids is 2. The van der Waals surface area contributed by atoms with E-state index >= 15 is 0 Å². The predicted molar refractivity (Wildman–Crippen MR) is 74.8 cm³/mol. The lowest BCUT2D eigenvalue weighted by atomic mass is 10.1. The lowest BCUT2D eigenvalue weighted by Crippen LogP contribution is -2.25. The Morgan fingerprint density at radius 3 is 2.62 bits per heavy atom. The first-order chi connectivity index (χ1) is 9.88. The molecule has 1 rings (SSSR count). The van der Waals surface area contributed by atoms with Gasteiger partial charge in [-0.15, -0.1) is 0 Å². The van der Waals surface area contributed by atoms with Crippen LogP contribution in [0.15, 0.2) is 23.9 Å². The van der Waals surface area contributed by atoms with Gasteiger partial charge in [0.2, 0.25) is 5.91 Å². The number of amides is 1. The van der Waals surface area contributed by atoms with Crippen molar-refractivity contribution in [2.45, 2.75) is 13.5 Å². The quantitative estimate of drug-likeness (QED) is 0.356. The van der Waals surface area contributed by atoms with Gasteiger partial charge in [-0.05, 0) is 11.6 Å². The van der Waals surface area contributed by atoms with Crippen LogP contribution < -0.4 is 11.1 Å². The minimum Gasteiger partial charge on any atom is -0.464 e. The number of benzene rings is 1. The third-order valence-electron chi connectivity index (χ3n) is 2.55. The van der Waals surface area contributed by atoms with Crippen molar-refractivity contribution in [3.05, 3.63) is 45.1 Å². The van der Waals surface area contributed by atoms with Gasteiger partial charge in [0.05, 0.1) is 12.0 Å². The maximum Gasteiger partial charge on any atom is 0.354 e. The van der Waals surface area contributed by atoms with Crippen LogP contribution >= 0.6 is 0 Å². The number of rotatable bonds is 5. The number of nitro benzene ring substituents is 1. The molecule has 0 unspecified atom stereocenters. The fourth-order valence-electron chi connectivity index (χ4n) is 1.63. The first-order valence-electron chi connectivity index (χ1n) is 5.94. The first-order valence-corrected chi connectivity index (χ1v) is 5.94. The molecule has 21 heavy (non-hydrogen) atoms. The molecule has 1 aromatic carbocycles. The average molecular weight is 293 g/mol. The predicted octanol–water partition coefficient (Wildman–Crippen LogP) is 0.703. The van der Waals surface area contributed by atoms with Crippen molar-refractivity contribution in [3.8, 4) is 0 Å². The highest BCUT2D eigenvalue weighted by Gasteiger charge is 2.15. The van der Waals surface area contributed by atoms with Crippen molar-refractivity contribution in [1.82, 2.24) is 5.32 Å². The Balaban J connectivity index is 3.26. The molecule has 3 N–H and O–H groups in total. The summed E-state index contributed by atoms with van der Waals surface area (Å²) >= 11 is 0. The third-order valence-corrected chi connectivity index (χ3v) is 2.55. The molecule has 0 atom stereocenters. The lowest BCUT2D eigenvalue weighted by Gasteiger charge is -2.06. The smallest absolute Gasteiger partial charge is 0.354 e. The van der Waals surface area contributed by atoms with E-state index < -0.39 is 16.8 Å². The summed E-state index contributed by atoms with van der Waals surface area (Å²) in [7, 11) is 1.16. The standard InChI is InChI=1S/C13H15N3O5/c1-8(17)15-11(13(18)21-2)5-9-3-4-10(7-14)12(6-9)16(19)20/h3-6H,7,14H2,1-2H3,(H,15,17). The number of hydrogen-bond donors (Lipinski definition) is 2. The fraction of sp³-hybridized carbons (Fsp3) is 0.231. The Morgan fingerprint density at radius 2 is 2.14 bits per heavy atom. The summed E-state index contributed by atoms with van der Waals surface area (Å²) in [5, 5.41) is 13.3. The SMILES string of the molecule is COC(=O)C(=Cc1ccc(CN)c([N+](=O)[O-])c1)NC(C)=O. The molecule has 0 radical (unpaired) electrons. The van der Waals surface area contributed by atoms with Crippen LogP contribution in [0.5, 0.6) is 0 Å². The molecule has 0 aliphatic heterocycles. The molecule has 0 aromatic heterocycles. The summed E-state index contributed by atoms with van der Waals surface area (Å²) in [5.41, 5.74) is 5.90. The number of hydrogen-bond acceptors (Lipinski definition) is 6. The molecule has 0 saturated heterocycles. The number of ether oxygens (including phenoxy) is 1. The molecule has 8 heteroatoms. The van der Waals surface area contributed by atoms with Crippen LogP contribution in [0.2, 0.25) is 0 Å². The number of methoxy groups -OCH3 is 1. The van der Waals surface area contributed by atoms with Crippen molar-refractivity contribution in [2.75, 3.05) is 7.11 Å². The van der Waals surface area contributed by atoms with Crippen molar-refractivity contribution in [2.24, 2.45) is 5.73 Å². The Labute approximate surface area is 120 Å². The van der Waals surface area contributed by atoms with Gasteiger partial charge in [-0.2, -0.15) is 0 Å². The zero-order valence-electron chi connectivity index (χ0n) is 11.6. The van der Waals surface area contributed by atoms with Crippen molar-refractivity contribution < 1.29 is 19.2 Å². The Morgan fingerprint density at radius 1 is 1.48 bits per heavy atom. The van der Waals surface area contributed by atoms with Crippen LogP contribution in [-0.2, 0) is 20.9 Å². The molecule has 112 valence electrons. The second-order valence-electron chi connectivity index (χ2n) is 4.08. The van der Waals surface area contributed by atoms with Gasteiger partial charge in [-0.1, -0.05) is 12.1 Å². The molecule has 8 nitrogen and oxygen atoms in total. The number of nitrogens with two attached hydrogens (primary N) is 1. The van der Waals surface area contributed by atoms with E-state index in [2.05, 4.69) is 10.1 Å². The average Bonchev–Trinajstić information content (AvgIpc) is 2.45. The van der Waals surface area contributed by atoms with E-state index in [1.54, 1.807) is 6.07 Å². The summed E-state index contributed by atoms with van der Waals surface area (Å²) in [4.78, 5) is 33.0. The Hall–Kier alpha value is -2.74. The summed E-state index contributed by atoms with van der Waals surface area (Å²) in [6.45, 7) is 1.26. The Kier molecular flexibility index (Phi) is 5.56. The van der Waals surface area contributed by atoms with Crippen LogP contribution in [0.3, 0.4) is 0 Å². The number of nitrogens with one attached hydrogen (secondary N) is 1.